The number of aryl methyl sites for hydroxylation is 2. The fraction of sp³-hybridized carbons (Fsp3) is 0.421. The number of aromatic nitrogens is 2. The van der Waals surface area contributed by atoms with Gasteiger partial charge in [-0.15, -0.1) is 0 Å². The van der Waals surface area contributed by atoms with E-state index in [-0.39, 0.29) is 18.0 Å². The van der Waals surface area contributed by atoms with Gasteiger partial charge in [-0.25, -0.2) is 9.59 Å². The Morgan fingerprint density at radius 3 is 2.81 bits per heavy atom. The van der Waals surface area contributed by atoms with E-state index >= 15 is 0 Å². The summed E-state index contributed by atoms with van der Waals surface area (Å²) in [6.45, 7) is 8.62. The van der Waals surface area contributed by atoms with Crippen LogP contribution in [0.1, 0.15) is 18.3 Å². The van der Waals surface area contributed by atoms with Gasteiger partial charge in [-0.05, 0) is 44.0 Å². The molecule has 1 aliphatic heterocycles. The van der Waals surface area contributed by atoms with Gasteiger partial charge in [0.2, 0.25) is 0 Å². The van der Waals surface area contributed by atoms with Gasteiger partial charge in [-0.3, -0.25) is 9.58 Å². The highest BCUT2D eigenvalue weighted by atomic mass is 16.2. The lowest BCUT2D eigenvalue weighted by molar-refractivity contribution is 0.249. The van der Waals surface area contributed by atoms with E-state index in [2.05, 4.69) is 28.0 Å². The van der Waals surface area contributed by atoms with Crippen LogP contribution in [0.15, 0.2) is 30.3 Å². The molecular weight excluding hydrogens is 344 g/mol. The molecule has 8 nitrogen and oxygen atoms in total. The smallest absolute Gasteiger partial charge is 0.321 e. The topological polar surface area (TPSA) is 91.3 Å². The Bertz CT molecular complexity index is 831. The molecule has 1 aromatic carbocycles. The molecule has 0 bridgehead atoms. The van der Waals surface area contributed by atoms with Crippen molar-refractivity contribution in [2.45, 2.75) is 27.3 Å². The SMILES string of the molecule is Cc1cc(C)n(C[C@H](C)CNC(=O)Nc2cccc(N3CCNC3=O)c2)n1. The third kappa shape index (κ3) is 4.78. The molecule has 144 valence electrons. The average molecular weight is 370 g/mol. The maximum absolute atomic E-state index is 12.2. The van der Waals surface area contributed by atoms with E-state index in [0.717, 1.165) is 23.6 Å². The lowest BCUT2D eigenvalue weighted by Crippen LogP contribution is -2.34. The van der Waals surface area contributed by atoms with E-state index in [0.29, 0.717) is 25.3 Å². The van der Waals surface area contributed by atoms with Crippen LogP contribution in [0.3, 0.4) is 0 Å². The summed E-state index contributed by atoms with van der Waals surface area (Å²) in [6.07, 6.45) is 0. The second kappa shape index (κ2) is 8.11. The minimum absolute atomic E-state index is 0.116. The summed E-state index contributed by atoms with van der Waals surface area (Å²) in [5.41, 5.74) is 3.53. The summed E-state index contributed by atoms with van der Waals surface area (Å²) in [6, 6.07) is 8.93. The molecule has 1 saturated heterocycles. The highest BCUT2D eigenvalue weighted by Gasteiger charge is 2.21. The van der Waals surface area contributed by atoms with E-state index in [9.17, 15) is 9.59 Å². The van der Waals surface area contributed by atoms with Crippen molar-refractivity contribution in [2.24, 2.45) is 5.92 Å². The second-order valence-corrected chi connectivity index (χ2v) is 6.98. The molecule has 0 spiro atoms. The number of hydrogen-bond donors (Lipinski definition) is 3. The highest BCUT2D eigenvalue weighted by Crippen LogP contribution is 2.20. The van der Waals surface area contributed by atoms with Crippen LogP contribution in [-0.2, 0) is 6.54 Å². The number of rotatable bonds is 6. The number of carbonyl (C=O) groups excluding carboxylic acids is 2. The van der Waals surface area contributed by atoms with Crippen LogP contribution in [0.5, 0.6) is 0 Å². The molecule has 4 amide bonds. The van der Waals surface area contributed by atoms with Crippen molar-refractivity contribution in [3.8, 4) is 0 Å². The van der Waals surface area contributed by atoms with Crippen LogP contribution in [0, 0.1) is 19.8 Å². The van der Waals surface area contributed by atoms with Crippen LogP contribution >= 0.6 is 0 Å². The first-order chi connectivity index (χ1) is 12.9. The van der Waals surface area contributed by atoms with Crippen LogP contribution in [0.2, 0.25) is 0 Å². The van der Waals surface area contributed by atoms with Crippen LogP contribution in [0.25, 0.3) is 0 Å². The zero-order valence-electron chi connectivity index (χ0n) is 16.0. The Morgan fingerprint density at radius 2 is 2.15 bits per heavy atom. The molecule has 0 saturated carbocycles. The average Bonchev–Trinajstić information content (AvgIpc) is 3.18. The molecular formula is C19H26N6O2. The third-order valence-electron chi connectivity index (χ3n) is 4.47. The molecule has 0 aliphatic carbocycles. The van der Waals surface area contributed by atoms with Crippen molar-refractivity contribution in [3.63, 3.8) is 0 Å². The van der Waals surface area contributed by atoms with Crippen molar-refractivity contribution in [3.05, 3.63) is 41.7 Å². The predicted octanol–water partition coefficient (Wildman–Crippen LogP) is 2.49. The number of nitrogens with one attached hydrogen (secondary N) is 3. The molecule has 3 rings (SSSR count). The van der Waals surface area contributed by atoms with Crippen molar-refractivity contribution >= 4 is 23.4 Å². The summed E-state index contributed by atoms with van der Waals surface area (Å²) < 4.78 is 1.96. The van der Waals surface area contributed by atoms with Gasteiger partial charge in [0.1, 0.15) is 0 Å². The van der Waals surface area contributed by atoms with Gasteiger partial charge in [-0.1, -0.05) is 13.0 Å². The Hall–Kier alpha value is -3.03. The third-order valence-corrected chi connectivity index (χ3v) is 4.47. The number of hydrogen-bond acceptors (Lipinski definition) is 3. The lowest BCUT2D eigenvalue weighted by atomic mass is 10.2. The minimum Gasteiger partial charge on any atom is -0.338 e. The maximum Gasteiger partial charge on any atom is 0.321 e. The quantitative estimate of drug-likeness (QED) is 0.729. The Labute approximate surface area is 158 Å². The van der Waals surface area contributed by atoms with Crippen molar-refractivity contribution in [2.75, 3.05) is 29.9 Å². The highest BCUT2D eigenvalue weighted by molar-refractivity contribution is 5.95. The van der Waals surface area contributed by atoms with Crippen LogP contribution in [-0.4, -0.2) is 41.5 Å². The largest absolute Gasteiger partial charge is 0.338 e. The molecule has 27 heavy (non-hydrogen) atoms. The Kier molecular flexibility index (Phi) is 5.63. The van der Waals surface area contributed by atoms with Gasteiger partial charge >= 0.3 is 12.1 Å². The molecule has 2 heterocycles. The second-order valence-electron chi connectivity index (χ2n) is 6.98. The number of urea groups is 2. The molecule has 2 aromatic rings. The zero-order chi connectivity index (χ0) is 19.4. The molecule has 0 radical (unpaired) electrons. The predicted molar refractivity (Wildman–Crippen MR) is 105 cm³/mol. The maximum atomic E-state index is 12.2. The minimum atomic E-state index is -0.266. The van der Waals surface area contributed by atoms with Gasteiger partial charge in [0.25, 0.3) is 0 Å². The molecule has 8 heteroatoms. The van der Waals surface area contributed by atoms with E-state index in [1.54, 1.807) is 17.0 Å². The molecule has 1 fully saturated rings. The first-order valence-electron chi connectivity index (χ1n) is 9.13. The van der Waals surface area contributed by atoms with Gasteiger partial charge in [0.15, 0.2) is 0 Å². The van der Waals surface area contributed by atoms with Gasteiger partial charge in [-0.2, -0.15) is 5.10 Å². The van der Waals surface area contributed by atoms with E-state index in [1.807, 2.05) is 36.7 Å². The van der Waals surface area contributed by atoms with Crippen molar-refractivity contribution < 1.29 is 9.59 Å². The van der Waals surface area contributed by atoms with Crippen LogP contribution in [0.4, 0.5) is 21.0 Å². The Balaban J connectivity index is 1.50. The lowest BCUT2D eigenvalue weighted by Gasteiger charge is -2.17. The number of anilines is 2. The van der Waals surface area contributed by atoms with Gasteiger partial charge in [0, 0.05) is 43.2 Å². The standard InChI is InChI=1S/C19H26N6O2/c1-13(12-25-15(3)9-14(2)23-25)11-21-18(26)22-16-5-4-6-17(10-16)24-8-7-20-19(24)27/h4-6,9-10,13H,7-8,11-12H2,1-3H3,(H,20,27)(H2,21,22,26)/t13-/m1/s1. The molecule has 3 N–H and O–H groups in total. The molecule has 1 aliphatic rings. The van der Waals surface area contributed by atoms with Gasteiger partial charge < -0.3 is 16.0 Å². The van der Waals surface area contributed by atoms with E-state index < -0.39 is 0 Å². The van der Waals surface area contributed by atoms with Crippen LogP contribution < -0.4 is 20.9 Å². The number of nitrogens with zero attached hydrogens (tertiary/aromatic N) is 3. The number of carbonyl (C=O) groups is 2. The van der Waals surface area contributed by atoms with Crippen molar-refractivity contribution in [1.82, 2.24) is 20.4 Å². The summed E-state index contributed by atoms with van der Waals surface area (Å²) in [7, 11) is 0. The summed E-state index contributed by atoms with van der Waals surface area (Å²) >= 11 is 0. The molecule has 1 atom stereocenters. The normalized spacial score (nSPS) is 14.8. The monoisotopic (exact) mass is 370 g/mol. The Morgan fingerprint density at radius 1 is 1.33 bits per heavy atom. The fourth-order valence-corrected chi connectivity index (χ4v) is 3.13. The zero-order valence-corrected chi connectivity index (χ0v) is 16.0. The van der Waals surface area contributed by atoms with E-state index in [4.69, 9.17) is 0 Å². The first-order valence-corrected chi connectivity index (χ1v) is 9.13. The van der Waals surface area contributed by atoms with Gasteiger partial charge in [0.05, 0.1) is 5.69 Å². The molecule has 0 unspecified atom stereocenters. The van der Waals surface area contributed by atoms with Crippen molar-refractivity contribution in [1.29, 1.82) is 0 Å². The van der Waals surface area contributed by atoms with E-state index in [1.165, 1.54) is 0 Å². The summed E-state index contributed by atoms with van der Waals surface area (Å²) in [5.74, 6) is 0.244. The fourth-order valence-electron chi connectivity index (χ4n) is 3.13. The summed E-state index contributed by atoms with van der Waals surface area (Å²) in [5, 5.41) is 12.9. The number of benzene rings is 1. The summed E-state index contributed by atoms with van der Waals surface area (Å²) in [4.78, 5) is 25.6. The first kappa shape index (κ1) is 18.8. The molecule has 1 aromatic heterocycles. The number of amides is 4.